The average Bonchev–Trinajstić information content (AvgIpc) is 3.01. The van der Waals surface area contributed by atoms with Crippen LogP contribution in [0.2, 0.25) is 5.02 Å². The number of nitrogens with zero attached hydrogens (tertiary/aromatic N) is 2. The third-order valence-corrected chi connectivity index (χ3v) is 9.10. The van der Waals surface area contributed by atoms with E-state index in [1.165, 1.54) is 41.3 Å². The Morgan fingerprint density at radius 2 is 1.57 bits per heavy atom. The average molecular weight is 636 g/mol. The van der Waals surface area contributed by atoms with E-state index >= 15 is 0 Å². The van der Waals surface area contributed by atoms with E-state index < -0.39 is 34.3 Å². The van der Waals surface area contributed by atoms with Crippen molar-refractivity contribution in [2.45, 2.75) is 44.2 Å². The van der Waals surface area contributed by atoms with Gasteiger partial charge in [0.25, 0.3) is 10.0 Å². The summed E-state index contributed by atoms with van der Waals surface area (Å²) in [6, 6.07) is 26.5. The quantitative estimate of drug-likeness (QED) is 0.191. The molecule has 0 radical (unpaired) electrons. The first-order chi connectivity index (χ1) is 21.1. The first-order valence-corrected chi connectivity index (χ1v) is 16.1. The molecule has 0 aliphatic rings. The molecule has 4 rings (SSSR count). The summed E-state index contributed by atoms with van der Waals surface area (Å²) in [5, 5.41) is 3.27. The number of rotatable bonds is 13. The van der Waals surface area contributed by atoms with Crippen LogP contribution < -0.4 is 9.62 Å². The lowest BCUT2D eigenvalue weighted by atomic mass is 10.0. The number of nitrogens with one attached hydrogen (secondary N) is 1. The molecule has 0 fully saturated rings. The molecule has 1 N–H and O–H groups in total. The molecule has 4 aromatic carbocycles. The number of benzene rings is 4. The molecule has 0 spiro atoms. The van der Waals surface area contributed by atoms with Gasteiger partial charge in [-0.05, 0) is 78.6 Å². The lowest BCUT2D eigenvalue weighted by Gasteiger charge is -2.34. The highest BCUT2D eigenvalue weighted by Crippen LogP contribution is 2.26. The van der Waals surface area contributed by atoms with Crippen LogP contribution in [0.3, 0.4) is 0 Å². The molecule has 0 unspecified atom stereocenters. The molecule has 0 heterocycles. The first-order valence-electron chi connectivity index (χ1n) is 14.3. The van der Waals surface area contributed by atoms with E-state index in [9.17, 15) is 22.4 Å². The molecule has 0 aromatic heterocycles. The van der Waals surface area contributed by atoms with E-state index in [2.05, 4.69) is 5.32 Å². The van der Waals surface area contributed by atoms with Gasteiger partial charge in [0.2, 0.25) is 11.8 Å². The SMILES string of the molecule is CCCNC(=O)[C@@H](Cc1ccccc1)N(Cc1ccc(F)cc1)C(=O)CN(c1cccc(C)c1)S(=O)(=O)c1ccc(Cl)cc1. The lowest BCUT2D eigenvalue weighted by molar-refractivity contribution is -0.140. The second-order valence-electron chi connectivity index (χ2n) is 10.4. The van der Waals surface area contributed by atoms with Gasteiger partial charge in [0.15, 0.2) is 0 Å². The predicted octanol–water partition coefficient (Wildman–Crippen LogP) is 6.15. The fourth-order valence-electron chi connectivity index (χ4n) is 4.75. The maximum absolute atomic E-state index is 14.4. The summed E-state index contributed by atoms with van der Waals surface area (Å²) in [5.74, 6) is -1.40. The van der Waals surface area contributed by atoms with Gasteiger partial charge >= 0.3 is 0 Å². The van der Waals surface area contributed by atoms with Gasteiger partial charge < -0.3 is 10.2 Å². The highest BCUT2D eigenvalue weighted by atomic mass is 35.5. The van der Waals surface area contributed by atoms with Crippen molar-refractivity contribution in [3.05, 3.63) is 131 Å². The third-order valence-electron chi connectivity index (χ3n) is 7.06. The number of halogens is 2. The van der Waals surface area contributed by atoms with Crippen LogP contribution in [0, 0.1) is 12.7 Å². The van der Waals surface area contributed by atoms with Gasteiger partial charge in [0, 0.05) is 24.5 Å². The number of amides is 2. The predicted molar refractivity (Wildman–Crippen MR) is 171 cm³/mol. The number of hydrogen-bond donors (Lipinski definition) is 1. The summed E-state index contributed by atoms with van der Waals surface area (Å²) in [6.45, 7) is 3.53. The number of carbonyl (C=O) groups excluding carboxylic acids is 2. The zero-order valence-corrected chi connectivity index (χ0v) is 26.2. The van der Waals surface area contributed by atoms with Gasteiger partial charge in [0.1, 0.15) is 18.4 Å². The van der Waals surface area contributed by atoms with Gasteiger partial charge in [0.05, 0.1) is 10.6 Å². The van der Waals surface area contributed by atoms with Crippen molar-refractivity contribution < 1.29 is 22.4 Å². The summed E-state index contributed by atoms with van der Waals surface area (Å²) in [4.78, 5) is 29.3. The van der Waals surface area contributed by atoms with Crippen molar-refractivity contribution in [3.8, 4) is 0 Å². The highest BCUT2D eigenvalue weighted by molar-refractivity contribution is 7.92. The van der Waals surface area contributed by atoms with Crippen LogP contribution in [0.25, 0.3) is 0 Å². The Kier molecular flexibility index (Phi) is 11.1. The molecular weight excluding hydrogens is 601 g/mol. The molecule has 10 heteroatoms. The first kappa shape index (κ1) is 32.7. The molecule has 44 heavy (non-hydrogen) atoms. The standard InChI is InChI=1S/C34H35ClFN3O4S/c1-3-20-37-34(41)32(22-26-9-5-4-6-10-26)38(23-27-12-16-29(36)17-13-27)33(40)24-39(30-11-7-8-25(2)21-30)44(42,43)31-18-14-28(35)15-19-31/h4-19,21,32H,3,20,22-24H2,1-2H3,(H,37,41)/t32-/m1/s1. The van der Waals surface area contributed by atoms with Crippen LogP contribution in [0.1, 0.15) is 30.0 Å². The van der Waals surface area contributed by atoms with E-state index in [1.807, 2.05) is 50.2 Å². The van der Waals surface area contributed by atoms with E-state index in [0.717, 1.165) is 15.4 Å². The van der Waals surface area contributed by atoms with Crippen LogP contribution in [-0.2, 0) is 32.6 Å². The summed E-state index contributed by atoms with van der Waals surface area (Å²) in [5.41, 5.74) is 2.51. The van der Waals surface area contributed by atoms with Crippen molar-refractivity contribution in [2.24, 2.45) is 0 Å². The fourth-order valence-corrected chi connectivity index (χ4v) is 6.28. The van der Waals surface area contributed by atoms with Crippen LogP contribution in [0.4, 0.5) is 10.1 Å². The zero-order valence-electron chi connectivity index (χ0n) is 24.6. The van der Waals surface area contributed by atoms with Crippen LogP contribution in [-0.4, -0.2) is 44.3 Å². The van der Waals surface area contributed by atoms with E-state index in [1.54, 1.807) is 30.3 Å². The van der Waals surface area contributed by atoms with Crippen molar-refractivity contribution in [2.75, 3.05) is 17.4 Å². The Morgan fingerprint density at radius 1 is 0.886 bits per heavy atom. The summed E-state index contributed by atoms with van der Waals surface area (Å²) in [6.07, 6.45) is 0.883. The monoisotopic (exact) mass is 635 g/mol. The van der Waals surface area contributed by atoms with E-state index in [4.69, 9.17) is 11.6 Å². The molecule has 0 aliphatic carbocycles. The molecule has 0 saturated carbocycles. The highest BCUT2D eigenvalue weighted by Gasteiger charge is 2.34. The Bertz CT molecular complexity index is 1670. The van der Waals surface area contributed by atoms with Crippen LogP contribution in [0.15, 0.2) is 108 Å². The summed E-state index contributed by atoms with van der Waals surface area (Å²) in [7, 11) is -4.24. The van der Waals surface area contributed by atoms with Gasteiger partial charge in [-0.1, -0.05) is 73.1 Å². The number of aryl methyl sites for hydroxylation is 1. The lowest BCUT2D eigenvalue weighted by Crippen LogP contribution is -2.53. The minimum atomic E-state index is -4.24. The molecular formula is C34H35ClFN3O4S. The minimum absolute atomic E-state index is 0.0391. The van der Waals surface area contributed by atoms with Gasteiger partial charge in [-0.25, -0.2) is 12.8 Å². The summed E-state index contributed by atoms with van der Waals surface area (Å²) < 4.78 is 42.9. The largest absolute Gasteiger partial charge is 0.354 e. The van der Waals surface area contributed by atoms with Gasteiger partial charge in [-0.15, -0.1) is 0 Å². The number of carbonyl (C=O) groups is 2. The number of sulfonamides is 1. The summed E-state index contributed by atoms with van der Waals surface area (Å²) >= 11 is 6.03. The Balaban J connectivity index is 1.79. The maximum atomic E-state index is 14.4. The van der Waals surface area contributed by atoms with Crippen molar-refractivity contribution in [3.63, 3.8) is 0 Å². The second-order valence-corrected chi connectivity index (χ2v) is 12.7. The second kappa shape index (κ2) is 15.0. The molecule has 2 amide bonds. The Morgan fingerprint density at radius 3 is 2.20 bits per heavy atom. The smallest absolute Gasteiger partial charge is 0.264 e. The Hall–Kier alpha value is -4.21. The van der Waals surface area contributed by atoms with Crippen LogP contribution in [0.5, 0.6) is 0 Å². The van der Waals surface area contributed by atoms with Gasteiger partial charge in [-0.3, -0.25) is 13.9 Å². The normalized spacial score (nSPS) is 11.9. The molecule has 4 aromatic rings. The number of hydrogen-bond acceptors (Lipinski definition) is 4. The third kappa shape index (κ3) is 8.45. The maximum Gasteiger partial charge on any atom is 0.264 e. The van der Waals surface area contributed by atoms with E-state index in [-0.39, 0.29) is 23.8 Å². The molecule has 1 atom stereocenters. The van der Waals surface area contributed by atoms with Gasteiger partial charge in [-0.2, -0.15) is 0 Å². The molecule has 0 bridgehead atoms. The Labute approximate surface area is 263 Å². The van der Waals surface area contributed by atoms with Crippen molar-refractivity contribution in [1.29, 1.82) is 0 Å². The minimum Gasteiger partial charge on any atom is -0.354 e. The molecule has 230 valence electrons. The molecule has 0 aliphatic heterocycles. The molecule has 7 nitrogen and oxygen atoms in total. The molecule has 0 saturated heterocycles. The number of anilines is 1. The van der Waals surface area contributed by atoms with Crippen LogP contribution >= 0.6 is 11.6 Å². The van der Waals surface area contributed by atoms with E-state index in [0.29, 0.717) is 29.2 Å². The fraction of sp³-hybridized carbons (Fsp3) is 0.235. The van der Waals surface area contributed by atoms with Crippen molar-refractivity contribution >= 4 is 39.1 Å². The van der Waals surface area contributed by atoms with Crippen molar-refractivity contribution in [1.82, 2.24) is 10.2 Å². The zero-order chi connectivity index (χ0) is 31.7. The topological polar surface area (TPSA) is 86.8 Å².